The van der Waals surface area contributed by atoms with Gasteiger partial charge in [-0.05, 0) is 36.6 Å². The van der Waals surface area contributed by atoms with Crippen LogP contribution in [0.2, 0.25) is 0 Å². The van der Waals surface area contributed by atoms with E-state index in [1.807, 2.05) is 0 Å². The SMILES string of the molecule is Cc1cccc(CO)c1NC(=O)NC(Cc1ccc(O)cc1)C(=O)N(CCCC(N)=O)CCNS(N)(=O)=O. The van der Waals surface area contributed by atoms with Crippen LogP contribution in [0.4, 0.5) is 10.5 Å². The van der Waals surface area contributed by atoms with Gasteiger partial charge in [0.2, 0.25) is 11.8 Å². The van der Waals surface area contributed by atoms with Crippen LogP contribution in [0, 0.1) is 6.92 Å². The zero-order valence-corrected chi connectivity index (χ0v) is 21.8. The molecule has 0 saturated heterocycles. The molecule has 0 heterocycles. The number of phenolic OH excluding ortho intramolecular Hbond substituents is 1. The number of benzene rings is 2. The third-order valence-electron chi connectivity index (χ3n) is 5.60. The van der Waals surface area contributed by atoms with Crippen molar-refractivity contribution in [2.45, 2.75) is 38.8 Å². The molecule has 4 amide bonds. The third-order valence-corrected chi connectivity index (χ3v) is 6.20. The van der Waals surface area contributed by atoms with Crippen molar-refractivity contribution >= 4 is 33.7 Å². The van der Waals surface area contributed by atoms with Crippen molar-refractivity contribution in [3.8, 4) is 5.75 Å². The molecule has 14 heteroatoms. The summed E-state index contributed by atoms with van der Waals surface area (Å²) in [6.07, 6.45) is 0.264. The van der Waals surface area contributed by atoms with E-state index in [0.29, 0.717) is 22.4 Å². The molecule has 0 fully saturated rings. The fourth-order valence-corrected chi connectivity index (χ4v) is 4.11. The van der Waals surface area contributed by atoms with Crippen molar-refractivity contribution in [1.82, 2.24) is 14.9 Å². The van der Waals surface area contributed by atoms with Crippen molar-refractivity contribution in [2.75, 3.05) is 25.0 Å². The Bertz CT molecular complexity index is 1220. The fourth-order valence-electron chi connectivity index (χ4n) is 3.73. The number of aryl methyl sites for hydroxylation is 1. The van der Waals surface area contributed by atoms with Gasteiger partial charge in [0.25, 0.3) is 10.2 Å². The maximum Gasteiger partial charge on any atom is 0.319 e. The van der Waals surface area contributed by atoms with E-state index in [2.05, 4.69) is 15.4 Å². The number of aromatic hydroxyl groups is 1. The molecule has 1 unspecified atom stereocenters. The average molecular weight is 551 g/mol. The Balaban J connectivity index is 2.29. The van der Waals surface area contributed by atoms with Crippen molar-refractivity contribution in [2.24, 2.45) is 10.9 Å². The Kier molecular flexibility index (Phi) is 11.5. The number of anilines is 1. The summed E-state index contributed by atoms with van der Waals surface area (Å²) in [4.78, 5) is 39.1. The maximum absolute atomic E-state index is 13.6. The van der Waals surface area contributed by atoms with E-state index in [4.69, 9.17) is 10.9 Å². The molecule has 2 aromatic rings. The summed E-state index contributed by atoms with van der Waals surface area (Å²) < 4.78 is 24.7. The lowest BCUT2D eigenvalue weighted by atomic mass is 10.0. The highest BCUT2D eigenvalue weighted by Gasteiger charge is 2.27. The van der Waals surface area contributed by atoms with Gasteiger partial charge in [-0.3, -0.25) is 9.59 Å². The van der Waals surface area contributed by atoms with Gasteiger partial charge in [-0.25, -0.2) is 14.7 Å². The van der Waals surface area contributed by atoms with E-state index >= 15 is 0 Å². The Morgan fingerprint density at radius 3 is 2.37 bits per heavy atom. The zero-order valence-electron chi connectivity index (χ0n) is 21.0. The van der Waals surface area contributed by atoms with E-state index in [9.17, 15) is 33.0 Å². The molecule has 13 nitrogen and oxygen atoms in total. The topological polar surface area (TPSA) is 217 Å². The number of carbonyl (C=O) groups is 3. The molecule has 0 spiro atoms. The second-order valence-corrected chi connectivity index (χ2v) is 10.0. The lowest BCUT2D eigenvalue weighted by Crippen LogP contribution is -2.52. The first-order valence-corrected chi connectivity index (χ1v) is 13.3. The molecule has 0 aliphatic heterocycles. The van der Waals surface area contributed by atoms with Gasteiger partial charge in [0, 0.05) is 38.0 Å². The van der Waals surface area contributed by atoms with Gasteiger partial charge in [-0.2, -0.15) is 8.42 Å². The van der Waals surface area contributed by atoms with Crippen LogP contribution in [-0.2, 0) is 32.8 Å². The molecule has 0 saturated carbocycles. The molecular weight excluding hydrogens is 516 g/mol. The standard InChI is InChI=1S/C24H34N6O7S/c1-16-4-2-5-18(15-31)22(16)29-24(35)28-20(14-17-7-9-19(32)10-8-17)23(34)30(12-3-6-21(25)33)13-11-27-38(26,36)37/h2,4-5,7-10,20,27,31-32H,3,6,11-15H2,1H3,(H2,25,33)(H2,26,36,37)(H2,28,29,35). The molecule has 0 radical (unpaired) electrons. The second-order valence-electron chi connectivity index (χ2n) is 8.62. The first-order valence-electron chi connectivity index (χ1n) is 11.8. The van der Waals surface area contributed by atoms with E-state index in [1.54, 1.807) is 37.3 Å². The number of carbonyl (C=O) groups excluding carboxylic acids is 3. The number of hydrogen-bond acceptors (Lipinski definition) is 7. The number of primary amides is 1. The number of nitrogens with one attached hydrogen (secondary N) is 3. The summed E-state index contributed by atoms with van der Waals surface area (Å²) in [5.74, 6) is -1.07. The number of phenols is 1. The summed E-state index contributed by atoms with van der Waals surface area (Å²) in [6.45, 7) is 1.23. The van der Waals surface area contributed by atoms with Gasteiger partial charge < -0.3 is 31.5 Å². The van der Waals surface area contributed by atoms with Crippen molar-refractivity contribution < 1.29 is 33.0 Å². The third kappa shape index (κ3) is 10.3. The van der Waals surface area contributed by atoms with Crippen LogP contribution in [0.15, 0.2) is 42.5 Å². The van der Waals surface area contributed by atoms with Gasteiger partial charge in [0.15, 0.2) is 0 Å². The molecule has 2 aromatic carbocycles. The van der Waals surface area contributed by atoms with Crippen LogP contribution in [0.3, 0.4) is 0 Å². The molecule has 2 rings (SSSR count). The van der Waals surface area contributed by atoms with Gasteiger partial charge in [-0.15, -0.1) is 0 Å². The number of aliphatic hydroxyl groups is 1. The summed E-state index contributed by atoms with van der Waals surface area (Å²) in [5, 5.41) is 29.5. The average Bonchev–Trinajstić information content (AvgIpc) is 2.84. The Morgan fingerprint density at radius 1 is 1.08 bits per heavy atom. The highest BCUT2D eigenvalue weighted by Crippen LogP contribution is 2.20. The van der Waals surface area contributed by atoms with Crippen LogP contribution >= 0.6 is 0 Å². The first-order chi connectivity index (χ1) is 17.9. The lowest BCUT2D eigenvalue weighted by Gasteiger charge is -2.28. The molecule has 1 atom stereocenters. The van der Waals surface area contributed by atoms with Crippen LogP contribution in [0.25, 0.3) is 0 Å². The highest BCUT2D eigenvalue weighted by molar-refractivity contribution is 7.87. The van der Waals surface area contributed by atoms with Gasteiger partial charge >= 0.3 is 6.03 Å². The number of hydrogen-bond donors (Lipinski definition) is 7. The number of para-hydroxylation sites is 1. The molecule has 0 aromatic heterocycles. The van der Waals surface area contributed by atoms with E-state index < -0.39 is 34.1 Å². The number of nitrogens with two attached hydrogens (primary N) is 2. The fraction of sp³-hybridized carbons (Fsp3) is 0.375. The lowest BCUT2D eigenvalue weighted by molar-refractivity contribution is -0.133. The minimum atomic E-state index is -4.00. The Hall–Kier alpha value is -3.72. The van der Waals surface area contributed by atoms with E-state index in [-0.39, 0.29) is 51.3 Å². The first kappa shape index (κ1) is 30.5. The number of urea groups is 1. The number of nitrogens with zero attached hydrogens (tertiary/aromatic N) is 1. The minimum Gasteiger partial charge on any atom is -0.508 e. The number of amides is 4. The van der Waals surface area contributed by atoms with Gasteiger partial charge in [0.1, 0.15) is 11.8 Å². The predicted octanol–water partition coefficient (Wildman–Crippen LogP) is -0.187. The Labute approximate surface area is 221 Å². The maximum atomic E-state index is 13.6. The van der Waals surface area contributed by atoms with Crippen molar-refractivity contribution in [3.05, 3.63) is 59.2 Å². The molecule has 0 aliphatic carbocycles. The zero-order chi connectivity index (χ0) is 28.3. The second kappa shape index (κ2) is 14.3. The monoisotopic (exact) mass is 550 g/mol. The molecular formula is C24H34N6O7S. The number of rotatable bonds is 14. The van der Waals surface area contributed by atoms with E-state index in [0.717, 1.165) is 0 Å². The van der Waals surface area contributed by atoms with Gasteiger partial charge in [-0.1, -0.05) is 30.3 Å². The predicted molar refractivity (Wildman–Crippen MR) is 141 cm³/mol. The molecule has 38 heavy (non-hydrogen) atoms. The highest BCUT2D eigenvalue weighted by atomic mass is 32.2. The smallest absolute Gasteiger partial charge is 0.319 e. The molecule has 208 valence electrons. The van der Waals surface area contributed by atoms with E-state index in [1.165, 1.54) is 17.0 Å². The summed E-state index contributed by atoms with van der Waals surface area (Å²) in [5.41, 5.74) is 7.43. The molecule has 0 aliphatic rings. The quantitative estimate of drug-likeness (QED) is 0.168. The Morgan fingerprint density at radius 2 is 1.76 bits per heavy atom. The number of aliphatic hydroxyl groups excluding tert-OH is 1. The molecule has 9 N–H and O–H groups in total. The normalized spacial score (nSPS) is 12.0. The van der Waals surface area contributed by atoms with Crippen LogP contribution < -0.4 is 26.2 Å². The summed E-state index contributed by atoms with van der Waals surface area (Å²) in [6, 6.07) is 9.42. The summed E-state index contributed by atoms with van der Waals surface area (Å²) >= 11 is 0. The van der Waals surface area contributed by atoms with Crippen LogP contribution in [0.5, 0.6) is 5.75 Å². The minimum absolute atomic E-state index is 0.000159. The van der Waals surface area contributed by atoms with Gasteiger partial charge in [0.05, 0.1) is 12.3 Å². The largest absolute Gasteiger partial charge is 0.508 e. The van der Waals surface area contributed by atoms with Crippen LogP contribution in [0.1, 0.15) is 29.5 Å². The molecule has 0 bridgehead atoms. The summed E-state index contributed by atoms with van der Waals surface area (Å²) in [7, 11) is -4.00. The van der Waals surface area contributed by atoms with Crippen molar-refractivity contribution in [3.63, 3.8) is 0 Å². The van der Waals surface area contributed by atoms with Crippen molar-refractivity contribution in [1.29, 1.82) is 0 Å². The van der Waals surface area contributed by atoms with Crippen LogP contribution in [-0.4, -0.2) is 67.1 Å².